The second kappa shape index (κ2) is 13.5. The third-order valence-electron chi connectivity index (χ3n) is 2.89. The van der Waals surface area contributed by atoms with Gasteiger partial charge in [-0.2, -0.15) is 0 Å². The molecule has 2 fully saturated rings. The van der Waals surface area contributed by atoms with E-state index in [1.807, 2.05) is 0 Å². The molecule has 0 aromatic rings. The summed E-state index contributed by atoms with van der Waals surface area (Å²) in [6.45, 7) is 1.14. The van der Waals surface area contributed by atoms with Crippen molar-refractivity contribution in [2.45, 2.75) is 50.7 Å². The van der Waals surface area contributed by atoms with Gasteiger partial charge in [-0.25, -0.2) is 0 Å². The number of carbonyl (C=O) groups is 2. The predicted octanol–water partition coefficient (Wildman–Crippen LogP) is -7.38. The summed E-state index contributed by atoms with van der Waals surface area (Å²) in [5.74, 6) is -2.15. The number of hydrogen-bond donors (Lipinski definition) is 0. The molecule has 8 heteroatoms. The van der Waals surface area contributed by atoms with Gasteiger partial charge in [0.2, 0.25) is 0 Å². The van der Waals surface area contributed by atoms with Gasteiger partial charge in [0.15, 0.2) is 0 Å². The zero-order valence-electron chi connectivity index (χ0n) is 12.3. The van der Waals surface area contributed by atoms with Crippen LogP contribution >= 0.6 is 0 Å². The van der Waals surface area contributed by atoms with E-state index in [1.165, 1.54) is 0 Å². The van der Waals surface area contributed by atoms with Crippen LogP contribution in [0.4, 0.5) is 0 Å². The number of carboxylic acid groups (broad SMARTS) is 2. The quantitative estimate of drug-likeness (QED) is 0.470. The van der Waals surface area contributed by atoms with Crippen molar-refractivity contribution in [1.82, 2.24) is 0 Å². The molecule has 20 heavy (non-hydrogen) atoms. The van der Waals surface area contributed by atoms with Crippen LogP contribution < -0.4 is 69.3 Å². The summed E-state index contributed by atoms with van der Waals surface area (Å²) >= 11 is 0. The maximum atomic E-state index is 10.1. The molecule has 2 atom stereocenters. The van der Waals surface area contributed by atoms with E-state index < -0.39 is 24.1 Å². The molecule has 2 unspecified atom stereocenters. The van der Waals surface area contributed by atoms with Crippen LogP contribution in [0.2, 0.25) is 0 Å². The Morgan fingerprint density at radius 1 is 0.750 bits per heavy atom. The van der Waals surface area contributed by atoms with E-state index >= 15 is 0 Å². The van der Waals surface area contributed by atoms with Gasteiger partial charge in [-0.3, -0.25) is 0 Å². The first kappa shape index (κ1) is 23.1. The van der Waals surface area contributed by atoms with E-state index in [0.29, 0.717) is 26.1 Å². The molecule has 0 bridgehead atoms. The average molecular weight is 304 g/mol. The Bertz CT molecular complexity index is 247. The molecular formula is C12H18Na2O6. The number of rotatable bonds is 2. The van der Waals surface area contributed by atoms with E-state index in [9.17, 15) is 19.8 Å². The molecule has 0 N–H and O–H groups in total. The molecule has 0 aliphatic carbocycles. The summed E-state index contributed by atoms with van der Waals surface area (Å²) in [6, 6.07) is 0. The van der Waals surface area contributed by atoms with Crippen LogP contribution in [0.1, 0.15) is 38.5 Å². The zero-order valence-corrected chi connectivity index (χ0v) is 16.3. The fourth-order valence-electron chi connectivity index (χ4n) is 1.85. The van der Waals surface area contributed by atoms with Crippen LogP contribution in [0.5, 0.6) is 0 Å². The Hall–Kier alpha value is 0.860. The van der Waals surface area contributed by atoms with Gasteiger partial charge < -0.3 is 29.3 Å². The van der Waals surface area contributed by atoms with E-state index in [0.717, 1.165) is 25.7 Å². The molecule has 2 aliphatic rings. The molecule has 0 aromatic carbocycles. The van der Waals surface area contributed by atoms with Crippen molar-refractivity contribution in [2.75, 3.05) is 13.2 Å². The summed E-state index contributed by atoms with van der Waals surface area (Å²) in [5, 5.41) is 20.2. The van der Waals surface area contributed by atoms with Gasteiger partial charge in [0, 0.05) is 13.2 Å². The fourth-order valence-corrected chi connectivity index (χ4v) is 1.85. The smallest absolute Gasteiger partial charge is 0.547 e. The maximum absolute atomic E-state index is 10.1. The van der Waals surface area contributed by atoms with E-state index in [2.05, 4.69) is 0 Å². The Morgan fingerprint density at radius 2 is 1.10 bits per heavy atom. The minimum atomic E-state index is -1.07. The van der Waals surface area contributed by atoms with Gasteiger partial charge in [0.1, 0.15) is 0 Å². The van der Waals surface area contributed by atoms with Crippen molar-refractivity contribution in [3.8, 4) is 0 Å². The molecule has 2 heterocycles. The van der Waals surface area contributed by atoms with Crippen molar-refractivity contribution >= 4 is 11.9 Å². The van der Waals surface area contributed by atoms with E-state index in [-0.39, 0.29) is 59.1 Å². The van der Waals surface area contributed by atoms with Crippen molar-refractivity contribution in [3.63, 3.8) is 0 Å². The standard InChI is InChI=1S/2C6H10O3.2Na/c2*7-6(8)5-3-1-2-4-9-5;;/h2*5H,1-4H2,(H,7,8);;/q;;2*+1/p-2. The molecule has 0 amide bonds. The Kier molecular flexibility index (Phi) is 15.6. The number of carboxylic acids is 2. The van der Waals surface area contributed by atoms with Gasteiger partial charge in [0.25, 0.3) is 0 Å². The monoisotopic (exact) mass is 304 g/mol. The third kappa shape index (κ3) is 9.73. The third-order valence-corrected chi connectivity index (χ3v) is 2.89. The van der Waals surface area contributed by atoms with E-state index in [1.54, 1.807) is 0 Å². The second-order valence-electron chi connectivity index (χ2n) is 4.35. The largest absolute Gasteiger partial charge is 1.00 e. The van der Waals surface area contributed by atoms with Crippen molar-refractivity contribution in [3.05, 3.63) is 0 Å². The Labute approximate surface area is 163 Å². The van der Waals surface area contributed by atoms with Gasteiger partial charge in [0.05, 0.1) is 24.1 Å². The summed E-state index contributed by atoms with van der Waals surface area (Å²) in [7, 11) is 0. The zero-order chi connectivity index (χ0) is 13.4. The molecule has 104 valence electrons. The Morgan fingerprint density at radius 3 is 1.25 bits per heavy atom. The maximum Gasteiger partial charge on any atom is 1.00 e. The summed E-state index contributed by atoms with van der Waals surface area (Å²) in [6.07, 6.45) is 3.78. The summed E-state index contributed by atoms with van der Waals surface area (Å²) in [5.41, 5.74) is 0. The Balaban J connectivity index is 0. The van der Waals surface area contributed by atoms with Gasteiger partial charge in [-0.05, 0) is 38.5 Å². The first-order valence-electron chi connectivity index (χ1n) is 6.26. The molecule has 0 saturated carbocycles. The van der Waals surface area contributed by atoms with Crippen molar-refractivity contribution < 1.29 is 88.4 Å². The summed E-state index contributed by atoms with van der Waals surface area (Å²) < 4.78 is 9.75. The first-order valence-corrected chi connectivity index (χ1v) is 6.26. The number of aliphatic carboxylic acids is 2. The topological polar surface area (TPSA) is 98.7 Å². The molecule has 2 saturated heterocycles. The van der Waals surface area contributed by atoms with Crippen LogP contribution in [0, 0.1) is 0 Å². The molecule has 6 nitrogen and oxygen atoms in total. The van der Waals surface area contributed by atoms with Crippen molar-refractivity contribution in [2.24, 2.45) is 0 Å². The van der Waals surface area contributed by atoms with Crippen LogP contribution in [-0.4, -0.2) is 37.4 Å². The molecule has 0 aromatic heterocycles. The predicted molar refractivity (Wildman–Crippen MR) is 57.2 cm³/mol. The van der Waals surface area contributed by atoms with Crippen LogP contribution in [0.25, 0.3) is 0 Å². The minimum absolute atomic E-state index is 0. The van der Waals surface area contributed by atoms with Gasteiger partial charge >= 0.3 is 59.1 Å². The first-order chi connectivity index (χ1) is 8.61. The molecule has 0 radical (unpaired) electrons. The molecule has 2 rings (SSSR count). The molecule has 0 spiro atoms. The van der Waals surface area contributed by atoms with Crippen LogP contribution in [0.15, 0.2) is 0 Å². The van der Waals surface area contributed by atoms with Gasteiger partial charge in [-0.15, -0.1) is 0 Å². The van der Waals surface area contributed by atoms with Crippen LogP contribution in [0.3, 0.4) is 0 Å². The summed E-state index contributed by atoms with van der Waals surface area (Å²) in [4.78, 5) is 20.2. The fraction of sp³-hybridized carbons (Fsp3) is 0.833. The molecular weight excluding hydrogens is 286 g/mol. The number of ether oxygens (including phenoxy) is 2. The number of carbonyl (C=O) groups excluding carboxylic acids is 2. The minimum Gasteiger partial charge on any atom is -0.547 e. The average Bonchev–Trinajstić information content (AvgIpc) is 2.41. The van der Waals surface area contributed by atoms with E-state index in [4.69, 9.17) is 9.47 Å². The SMILES string of the molecule is O=C([O-])C1CCCCO1.O=C([O-])C1CCCCO1.[Na+].[Na+]. The van der Waals surface area contributed by atoms with Crippen molar-refractivity contribution in [1.29, 1.82) is 0 Å². The molecule has 2 aliphatic heterocycles. The van der Waals surface area contributed by atoms with Gasteiger partial charge in [-0.1, -0.05) is 0 Å². The van der Waals surface area contributed by atoms with Crippen LogP contribution in [-0.2, 0) is 19.1 Å². The number of hydrogen-bond acceptors (Lipinski definition) is 6. The second-order valence-corrected chi connectivity index (χ2v) is 4.35. The normalized spacial score (nSPS) is 25.0.